The lowest BCUT2D eigenvalue weighted by atomic mass is 10.2. The molecule has 5 heteroatoms. The maximum absolute atomic E-state index is 11.8. The molecule has 0 saturated heterocycles. The van der Waals surface area contributed by atoms with Crippen LogP contribution in [0.5, 0.6) is 5.75 Å². The Labute approximate surface area is 100 Å². The Hall–Kier alpha value is -1.75. The molecular weight excluding hydrogens is 222 g/mol. The van der Waals surface area contributed by atoms with Gasteiger partial charge in [-0.1, -0.05) is 0 Å². The van der Waals surface area contributed by atoms with Crippen molar-refractivity contribution in [3.63, 3.8) is 0 Å². The summed E-state index contributed by atoms with van der Waals surface area (Å²) in [6.07, 6.45) is -0.147. The van der Waals surface area contributed by atoms with Gasteiger partial charge in [-0.05, 0) is 25.1 Å². The van der Waals surface area contributed by atoms with E-state index in [1.54, 1.807) is 19.2 Å². The van der Waals surface area contributed by atoms with Gasteiger partial charge < -0.3 is 19.9 Å². The fraction of sp³-hybridized carbons (Fsp3) is 0.417. The highest BCUT2D eigenvalue weighted by Crippen LogP contribution is 2.21. The van der Waals surface area contributed by atoms with Crippen molar-refractivity contribution in [2.45, 2.75) is 13.0 Å². The monoisotopic (exact) mass is 239 g/mol. The molecule has 0 radical (unpaired) electrons. The number of nitrogen functional groups attached to an aromatic ring is 1. The highest BCUT2D eigenvalue weighted by atomic mass is 16.6. The third kappa shape index (κ3) is 3.64. The molecule has 1 aromatic carbocycles. The molecule has 0 aromatic heterocycles. The van der Waals surface area contributed by atoms with Crippen molar-refractivity contribution in [1.29, 1.82) is 0 Å². The first-order valence-corrected chi connectivity index (χ1v) is 5.22. The topological polar surface area (TPSA) is 70.8 Å². The standard InChI is InChI=1S/C12H17NO4/c1-8(15-2)7-17-12(14)10-6-9(13)4-5-11(10)16-3/h4-6,8H,7,13H2,1-3H3. The molecule has 0 aliphatic heterocycles. The Morgan fingerprint density at radius 2 is 2.12 bits per heavy atom. The largest absolute Gasteiger partial charge is 0.496 e. The van der Waals surface area contributed by atoms with Gasteiger partial charge in [-0.25, -0.2) is 4.79 Å². The smallest absolute Gasteiger partial charge is 0.342 e. The van der Waals surface area contributed by atoms with E-state index in [1.165, 1.54) is 13.2 Å². The predicted octanol–water partition coefficient (Wildman–Crippen LogP) is 1.47. The first-order valence-electron chi connectivity index (χ1n) is 5.22. The number of hydrogen-bond acceptors (Lipinski definition) is 5. The summed E-state index contributed by atoms with van der Waals surface area (Å²) in [5.74, 6) is -0.0349. The highest BCUT2D eigenvalue weighted by Gasteiger charge is 2.15. The number of ether oxygens (including phenoxy) is 3. The van der Waals surface area contributed by atoms with Gasteiger partial charge in [0.25, 0.3) is 0 Å². The first-order chi connectivity index (χ1) is 8.08. The predicted molar refractivity (Wildman–Crippen MR) is 64.2 cm³/mol. The molecule has 0 aliphatic carbocycles. The molecule has 1 rings (SSSR count). The fourth-order valence-electron chi connectivity index (χ4n) is 1.22. The minimum atomic E-state index is -0.474. The Morgan fingerprint density at radius 1 is 1.41 bits per heavy atom. The van der Waals surface area contributed by atoms with Gasteiger partial charge in [0.1, 0.15) is 17.9 Å². The zero-order chi connectivity index (χ0) is 12.8. The number of methoxy groups -OCH3 is 2. The van der Waals surface area contributed by atoms with E-state index in [0.717, 1.165) is 0 Å². The van der Waals surface area contributed by atoms with Crippen LogP contribution in [0, 0.1) is 0 Å². The van der Waals surface area contributed by atoms with E-state index < -0.39 is 5.97 Å². The lowest BCUT2D eigenvalue weighted by Crippen LogP contribution is -2.18. The molecule has 0 saturated carbocycles. The average Bonchev–Trinajstić information content (AvgIpc) is 2.35. The summed E-state index contributed by atoms with van der Waals surface area (Å²) in [4.78, 5) is 11.8. The van der Waals surface area contributed by atoms with Crippen LogP contribution >= 0.6 is 0 Å². The maximum atomic E-state index is 11.8. The Balaban J connectivity index is 2.77. The van der Waals surface area contributed by atoms with E-state index in [0.29, 0.717) is 17.0 Å². The Kier molecular flexibility index (Phi) is 4.78. The van der Waals surface area contributed by atoms with Crippen LogP contribution in [0.4, 0.5) is 5.69 Å². The van der Waals surface area contributed by atoms with Crippen molar-refractivity contribution in [2.75, 3.05) is 26.6 Å². The second-order valence-electron chi connectivity index (χ2n) is 3.60. The molecule has 0 fully saturated rings. The third-order valence-corrected chi connectivity index (χ3v) is 2.29. The first kappa shape index (κ1) is 13.3. The number of hydrogen-bond donors (Lipinski definition) is 1. The van der Waals surface area contributed by atoms with Gasteiger partial charge in [-0.15, -0.1) is 0 Å². The van der Waals surface area contributed by atoms with Gasteiger partial charge in [-0.3, -0.25) is 0 Å². The van der Waals surface area contributed by atoms with Crippen molar-refractivity contribution < 1.29 is 19.0 Å². The number of rotatable bonds is 5. The number of carbonyl (C=O) groups is 1. The minimum Gasteiger partial charge on any atom is -0.496 e. The van der Waals surface area contributed by atoms with Gasteiger partial charge in [0, 0.05) is 12.8 Å². The third-order valence-electron chi connectivity index (χ3n) is 2.29. The number of benzene rings is 1. The van der Waals surface area contributed by atoms with Crippen LogP contribution in [0.25, 0.3) is 0 Å². The second kappa shape index (κ2) is 6.10. The summed E-state index contributed by atoms with van der Waals surface area (Å²) in [6, 6.07) is 4.82. The summed E-state index contributed by atoms with van der Waals surface area (Å²) < 4.78 is 15.1. The van der Waals surface area contributed by atoms with Crippen LogP contribution in [0.3, 0.4) is 0 Å². The van der Waals surface area contributed by atoms with Crippen LogP contribution in [0.15, 0.2) is 18.2 Å². The van der Waals surface area contributed by atoms with E-state index in [2.05, 4.69) is 0 Å². The van der Waals surface area contributed by atoms with Crippen molar-refractivity contribution in [1.82, 2.24) is 0 Å². The molecule has 94 valence electrons. The maximum Gasteiger partial charge on any atom is 0.342 e. The second-order valence-corrected chi connectivity index (χ2v) is 3.60. The molecule has 0 aliphatic rings. The molecular formula is C12H17NO4. The molecule has 17 heavy (non-hydrogen) atoms. The lowest BCUT2D eigenvalue weighted by molar-refractivity contribution is 0.0167. The zero-order valence-corrected chi connectivity index (χ0v) is 10.2. The summed E-state index contributed by atoms with van der Waals surface area (Å²) in [5, 5.41) is 0. The normalized spacial score (nSPS) is 11.9. The lowest BCUT2D eigenvalue weighted by Gasteiger charge is -2.12. The molecule has 0 amide bonds. The SMILES string of the molecule is COc1ccc(N)cc1C(=O)OCC(C)OC. The van der Waals surface area contributed by atoms with E-state index >= 15 is 0 Å². The number of anilines is 1. The van der Waals surface area contributed by atoms with Crippen LogP contribution in [0.2, 0.25) is 0 Å². The van der Waals surface area contributed by atoms with Crippen molar-refractivity contribution in [3.05, 3.63) is 23.8 Å². The minimum absolute atomic E-state index is 0.147. The summed E-state index contributed by atoms with van der Waals surface area (Å²) in [6.45, 7) is 2.00. The van der Waals surface area contributed by atoms with Crippen molar-refractivity contribution in [3.8, 4) is 5.75 Å². The van der Waals surface area contributed by atoms with Crippen LogP contribution in [-0.4, -0.2) is 32.9 Å². The van der Waals surface area contributed by atoms with Gasteiger partial charge in [0.15, 0.2) is 0 Å². The van der Waals surface area contributed by atoms with Gasteiger partial charge in [0.2, 0.25) is 0 Å². The zero-order valence-electron chi connectivity index (χ0n) is 10.2. The van der Waals surface area contributed by atoms with Crippen LogP contribution in [0.1, 0.15) is 17.3 Å². The van der Waals surface area contributed by atoms with Gasteiger partial charge in [-0.2, -0.15) is 0 Å². The number of carbonyl (C=O) groups excluding carboxylic acids is 1. The van der Waals surface area contributed by atoms with Gasteiger partial charge >= 0.3 is 5.97 Å². The summed E-state index contributed by atoms with van der Waals surface area (Å²) in [5.41, 5.74) is 6.41. The average molecular weight is 239 g/mol. The quantitative estimate of drug-likeness (QED) is 0.622. The Morgan fingerprint density at radius 3 is 2.71 bits per heavy atom. The summed E-state index contributed by atoms with van der Waals surface area (Å²) in [7, 11) is 3.04. The van der Waals surface area contributed by atoms with Gasteiger partial charge in [0.05, 0.1) is 13.2 Å². The molecule has 0 heterocycles. The fourth-order valence-corrected chi connectivity index (χ4v) is 1.22. The summed E-state index contributed by atoms with van der Waals surface area (Å²) >= 11 is 0. The van der Waals surface area contributed by atoms with E-state index in [4.69, 9.17) is 19.9 Å². The van der Waals surface area contributed by atoms with Crippen LogP contribution in [-0.2, 0) is 9.47 Å². The number of nitrogens with two attached hydrogens (primary N) is 1. The molecule has 1 unspecified atom stereocenters. The van der Waals surface area contributed by atoms with Crippen LogP contribution < -0.4 is 10.5 Å². The molecule has 2 N–H and O–H groups in total. The van der Waals surface area contributed by atoms with E-state index in [9.17, 15) is 4.79 Å². The Bertz CT molecular complexity index is 392. The molecule has 1 aromatic rings. The molecule has 0 spiro atoms. The van der Waals surface area contributed by atoms with E-state index in [1.807, 2.05) is 6.92 Å². The van der Waals surface area contributed by atoms with E-state index in [-0.39, 0.29) is 12.7 Å². The molecule has 0 bridgehead atoms. The number of esters is 1. The van der Waals surface area contributed by atoms with Crippen molar-refractivity contribution >= 4 is 11.7 Å². The molecule has 5 nitrogen and oxygen atoms in total. The molecule has 1 atom stereocenters. The highest BCUT2D eigenvalue weighted by molar-refractivity contribution is 5.93. The van der Waals surface area contributed by atoms with Crippen molar-refractivity contribution in [2.24, 2.45) is 0 Å².